The quantitative estimate of drug-likeness (QED) is 0.320. The van der Waals surface area contributed by atoms with Crippen LogP contribution in [0, 0.1) is 6.92 Å². The average molecular weight is 580 g/mol. The van der Waals surface area contributed by atoms with Crippen LogP contribution < -0.4 is 15.2 Å². The molecule has 40 heavy (non-hydrogen) atoms. The Hall–Kier alpha value is -3.90. The number of carbonyl (C=O) groups is 2. The Morgan fingerprint density at radius 3 is 2.52 bits per heavy atom. The van der Waals surface area contributed by atoms with Crippen LogP contribution in [0.15, 0.2) is 52.3 Å². The first-order valence-electron chi connectivity index (χ1n) is 12.9. The molecule has 2 amide bonds. The number of anilines is 1. The molecule has 0 atom stereocenters. The van der Waals surface area contributed by atoms with Crippen LogP contribution in [-0.4, -0.2) is 75.4 Å². The molecule has 2 aromatic heterocycles. The van der Waals surface area contributed by atoms with E-state index in [9.17, 15) is 14.4 Å². The third kappa shape index (κ3) is 5.41. The molecule has 0 aliphatic carbocycles. The number of hydrogen-bond donors (Lipinski definition) is 0. The van der Waals surface area contributed by atoms with Crippen LogP contribution in [0.25, 0.3) is 11.7 Å². The molecule has 0 bridgehead atoms. The Morgan fingerprint density at radius 2 is 1.85 bits per heavy atom. The van der Waals surface area contributed by atoms with Gasteiger partial charge in [0.1, 0.15) is 21.5 Å². The first-order valence-corrected chi connectivity index (χ1v) is 14.1. The second-order valence-electron chi connectivity index (χ2n) is 9.33. The van der Waals surface area contributed by atoms with Gasteiger partial charge >= 0.3 is 6.09 Å². The number of ether oxygens (including phenoxy) is 2. The summed E-state index contributed by atoms with van der Waals surface area (Å²) < 4.78 is 12.3. The topological polar surface area (TPSA) is 96.7 Å². The Morgan fingerprint density at radius 1 is 1.12 bits per heavy atom. The number of methoxy groups -OCH3 is 1. The number of pyridine rings is 1. The monoisotopic (exact) mass is 579 g/mol. The number of aromatic nitrogens is 2. The van der Waals surface area contributed by atoms with Gasteiger partial charge in [0.05, 0.1) is 30.7 Å². The Bertz CT molecular complexity index is 1560. The number of benzene rings is 1. The fourth-order valence-electron chi connectivity index (χ4n) is 4.66. The summed E-state index contributed by atoms with van der Waals surface area (Å²) in [7, 11) is 1.60. The third-order valence-electron chi connectivity index (χ3n) is 6.82. The number of hydrogen-bond acceptors (Lipinski definition) is 9. The largest absolute Gasteiger partial charge is 0.497 e. The molecule has 10 nitrogen and oxygen atoms in total. The van der Waals surface area contributed by atoms with E-state index in [1.54, 1.807) is 37.3 Å². The molecule has 4 heterocycles. The lowest BCUT2D eigenvalue weighted by molar-refractivity contribution is -0.122. The van der Waals surface area contributed by atoms with Gasteiger partial charge in [-0.05, 0) is 49.2 Å². The van der Waals surface area contributed by atoms with Gasteiger partial charge in [0.15, 0.2) is 0 Å². The van der Waals surface area contributed by atoms with E-state index < -0.39 is 0 Å². The molecule has 12 heteroatoms. The van der Waals surface area contributed by atoms with Gasteiger partial charge in [-0.25, -0.2) is 9.78 Å². The number of aryl methyl sites for hydroxylation is 1. The van der Waals surface area contributed by atoms with Crippen molar-refractivity contribution < 1.29 is 19.1 Å². The second-order valence-corrected chi connectivity index (χ2v) is 11.0. The first-order chi connectivity index (χ1) is 19.3. The maximum atomic E-state index is 13.8. The van der Waals surface area contributed by atoms with Crippen LogP contribution >= 0.6 is 24.0 Å². The van der Waals surface area contributed by atoms with Gasteiger partial charge in [-0.3, -0.25) is 18.9 Å². The van der Waals surface area contributed by atoms with Gasteiger partial charge in [-0.15, -0.1) is 0 Å². The van der Waals surface area contributed by atoms with E-state index in [-0.39, 0.29) is 17.6 Å². The molecule has 0 unspecified atom stereocenters. The highest BCUT2D eigenvalue weighted by atomic mass is 32.2. The van der Waals surface area contributed by atoms with Crippen LogP contribution in [-0.2, 0) is 16.1 Å². The standard InChI is InChI=1S/C28H29N5O5S2/c1-4-38-27(36)31-14-12-30(13-15-31)24-21(25(34)32-11-5-6-18(2)23(32)29-24)16-22-26(35)33(28(39)40-22)17-19-7-9-20(37-3)10-8-19/h5-11,16H,4,12-15,17H2,1-3H3/b22-16-. The molecule has 0 radical (unpaired) electrons. The van der Waals surface area contributed by atoms with Crippen molar-refractivity contribution in [3.8, 4) is 5.75 Å². The molecular weight excluding hydrogens is 550 g/mol. The van der Waals surface area contributed by atoms with Crippen LogP contribution in [0.5, 0.6) is 5.75 Å². The summed E-state index contributed by atoms with van der Waals surface area (Å²) >= 11 is 6.71. The number of thioether (sulfide) groups is 1. The van der Waals surface area contributed by atoms with Crippen molar-refractivity contribution in [1.82, 2.24) is 19.2 Å². The highest BCUT2D eigenvalue weighted by Gasteiger charge is 2.33. The van der Waals surface area contributed by atoms with Crippen LogP contribution in [0.3, 0.4) is 0 Å². The normalized spacial score (nSPS) is 16.8. The molecule has 1 aromatic carbocycles. The minimum absolute atomic E-state index is 0.266. The molecule has 2 aliphatic rings. The summed E-state index contributed by atoms with van der Waals surface area (Å²) in [5, 5.41) is 0. The second kappa shape index (κ2) is 11.7. The SMILES string of the molecule is CCOC(=O)N1CCN(c2nc3c(C)cccn3c(=O)c2/C=C2\SC(=S)N(Cc3ccc(OC)cc3)C2=O)CC1. The molecule has 2 saturated heterocycles. The molecule has 5 rings (SSSR count). The lowest BCUT2D eigenvalue weighted by Gasteiger charge is -2.35. The van der Waals surface area contributed by atoms with Gasteiger partial charge in [0.25, 0.3) is 11.5 Å². The number of thiocarbonyl (C=S) groups is 1. The molecule has 3 aromatic rings. The highest BCUT2D eigenvalue weighted by Crippen LogP contribution is 2.35. The van der Waals surface area contributed by atoms with Gasteiger partial charge in [0, 0.05) is 32.4 Å². The lowest BCUT2D eigenvalue weighted by atomic mass is 10.2. The number of fused-ring (bicyclic) bond motifs is 1. The molecule has 0 saturated carbocycles. The molecule has 2 aliphatic heterocycles. The van der Waals surface area contributed by atoms with E-state index in [0.717, 1.165) is 16.9 Å². The van der Waals surface area contributed by atoms with E-state index in [2.05, 4.69) is 0 Å². The molecule has 208 valence electrons. The summed E-state index contributed by atoms with van der Waals surface area (Å²) in [4.78, 5) is 49.9. The van der Waals surface area contributed by atoms with Crippen molar-refractivity contribution in [3.63, 3.8) is 0 Å². The summed E-state index contributed by atoms with van der Waals surface area (Å²) in [5.41, 5.74) is 2.32. The van der Waals surface area contributed by atoms with Crippen molar-refractivity contribution in [1.29, 1.82) is 0 Å². The molecule has 2 fully saturated rings. The van der Waals surface area contributed by atoms with Crippen molar-refractivity contribution in [2.24, 2.45) is 0 Å². The number of amides is 2. The summed E-state index contributed by atoms with van der Waals surface area (Å²) in [6.45, 7) is 6.07. The lowest BCUT2D eigenvalue weighted by Crippen LogP contribution is -2.49. The molecule has 0 spiro atoms. The Labute approximate surface area is 241 Å². The predicted octanol–water partition coefficient (Wildman–Crippen LogP) is 3.69. The zero-order chi connectivity index (χ0) is 28.4. The van der Waals surface area contributed by atoms with E-state index >= 15 is 0 Å². The Kier molecular flexibility index (Phi) is 8.08. The van der Waals surface area contributed by atoms with E-state index in [0.29, 0.717) is 65.6 Å². The van der Waals surface area contributed by atoms with Crippen LogP contribution in [0.2, 0.25) is 0 Å². The van der Waals surface area contributed by atoms with Crippen molar-refractivity contribution >= 4 is 57.8 Å². The zero-order valence-corrected chi connectivity index (χ0v) is 24.1. The van der Waals surface area contributed by atoms with Crippen molar-refractivity contribution in [2.75, 3.05) is 44.8 Å². The molecule has 0 N–H and O–H groups in total. The highest BCUT2D eigenvalue weighted by molar-refractivity contribution is 8.26. The summed E-state index contributed by atoms with van der Waals surface area (Å²) in [5.74, 6) is 0.935. The number of rotatable bonds is 6. The predicted molar refractivity (Wildman–Crippen MR) is 159 cm³/mol. The van der Waals surface area contributed by atoms with Crippen LogP contribution in [0.4, 0.5) is 10.6 Å². The maximum Gasteiger partial charge on any atom is 0.409 e. The smallest absolute Gasteiger partial charge is 0.409 e. The summed E-state index contributed by atoms with van der Waals surface area (Å²) in [6, 6.07) is 11.1. The number of piperazine rings is 1. The van der Waals surface area contributed by atoms with E-state index in [1.807, 2.05) is 42.2 Å². The zero-order valence-electron chi connectivity index (χ0n) is 22.5. The molecular formula is C28H29N5O5S2. The average Bonchev–Trinajstić information content (AvgIpc) is 3.22. The van der Waals surface area contributed by atoms with Crippen LogP contribution in [0.1, 0.15) is 23.6 Å². The van der Waals surface area contributed by atoms with Gasteiger partial charge in [0.2, 0.25) is 0 Å². The number of carbonyl (C=O) groups excluding carboxylic acids is 2. The maximum absolute atomic E-state index is 13.8. The summed E-state index contributed by atoms with van der Waals surface area (Å²) in [6.07, 6.45) is 2.92. The van der Waals surface area contributed by atoms with Gasteiger partial charge in [-0.2, -0.15) is 0 Å². The minimum atomic E-state index is -0.356. The minimum Gasteiger partial charge on any atom is -0.497 e. The Balaban J connectivity index is 1.49. The van der Waals surface area contributed by atoms with E-state index in [4.69, 9.17) is 26.7 Å². The first kappa shape index (κ1) is 27.7. The fraction of sp³-hybridized carbons (Fsp3) is 0.321. The fourth-order valence-corrected chi connectivity index (χ4v) is 5.90. The van der Waals surface area contributed by atoms with Crippen molar-refractivity contribution in [2.45, 2.75) is 20.4 Å². The van der Waals surface area contributed by atoms with Gasteiger partial charge < -0.3 is 19.3 Å². The van der Waals surface area contributed by atoms with E-state index in [1.165, 1.54) is 21.1 Å². The third-order valence-corrected chi connectivity index (χ3v) is 8.20. The number of nitrogens with zero attached hydrogens (tertiary/aromatic N) is 5. The van der Waals surface area contributed by atoms with Crippen molar-refractivity contribution in [3.05, 3.63) is 74.5 Å². The van der Waals surface area contributed by atoms with Gasteiger partial charge in [-0.1, -0.05) is 42.2 Å².